The maximum Gasteiger partial charge on any atom is 0.0843 e. The van der Waals surface area contributed by atoms with Crippen molar-refractivity contribution in [2.45, 2.75) is 29.4 Å². The van der Waals surface area contributed by atoms with Crippen molar-refractivity contribution in [1.29, 1.82) is 0 Å². The van der Waals surface area contributed by atoms with Crippen LogP contribution in [0.2, 0.25) is 0 Å². The largest absolute Gasteiger partial charge is 0.390 e. The van der Waals surface area contributed by atoms with Crippen molar-refractivity contribution in [1.82, 2.24) is 5.32 Å². The Hall–Kier alpha value is -2.27. The van der Waals surface area contributed by atoms with E-state index >= 15 is 0 Å². The molecule has 1 aliphatic rings. The lowest BCUT2D eigenvalue weighted by molar-refractivity contribution is 0.179. The van der Waals surface area contributed by atoms with Crippen molar-refractivity contribution in [3.63, 3.8) is 0 Å². The molecule has 0 radical (unpaired) electrons. The third-order valence-electron chi connectivity index (χ3n) is 4.76. The molecule has 1 atom stereocenters. The highest BCUT2D eigenvalue weighted by molar-refractivity contribution is 7.99. The van der Waals surface area contributed by atoms with Gasteiger partial charge >= 0.3 is 0 Å². The van der Waals surface area contributed by atoms with E-state index in [2.05, 4.69) is 89.9 Å². The summed E-state index contributed by atoms with van der Waals surface area (Å²) < 4.78 is 0. The fourth-order valence-corrected chi connectivity index (χ4v) is 4.44. The SMILES string of the molecule is Cc1ccc(CNCC(O)CN2c3ccccc3Sc3ccccc32)cc1. The molecule has 4 heteroatoms. The lowest BCUT2D eigenvalue weighted by Crippen LogP contribution is -2.37. The lowest BCUT2D eigenvalue weighted by Gasteiger charge is -2.34. The number of fused-ring (bicyclic) bond motifs is 2. The lowest BCUT2D eigenvalue weighted by atomic mass is 10.1. The Morgan fingerprint density at radius 1 is 0.889 bits per heavy atom. The molecule has 3 aromatic rings. The van der Waals surface area contributed by atoms with E-state index in [1.807, 2.05) is 0 Å². The zero-order chi connectivity index (χ0) is 18.6. The third kappa shape index (κ3) is 4.19. The van der Waals surface area contributed by atoms with Gasteiger partial charge in [0.05, 0.1) is 24.0 Å². The van der Waals surface area contributed by atoms with Gasteiger partial charge in [-0.2, -0.15) is 0 Å². The molecule has 2 N–H and O–H groups in total. The number of nitrogens with one attached hydrogen (secondary N) is 1. The smallest absolute Gasteiger partial charge is 0.0843 e. The van der Waals surface area contributed by atoms with Crippen molar-refractivity contribution in [2.75, 3.05) is 18.0 Å². The number of β-amino-alcohol motifs (C(OH)–C–C–N with tert-alkyl or cyclic N) is 1. The molecular formula is C23H24N2OS. The van der Waals surface area contributed by atoms with Gasteiger partial charge in [-0.3, -0.25) is 0 Å². The number of aliphatic hydroxyl groups excluding tert-OH is 1. The van der Waals surface area contributed by atoms with Crippen molar-refractivity contribution in [3.05, 3.63) is 83.9 Å². The second kappa shape index (κ2) is 8.17. The van der Waals surface area contributed by atoms with Crippen LogP contribution in [0.25, 0.3) is 0 Å². The highest BCUT2D eigenvalue weighted by Crippen LogP contribution is 2.47. The van der Waals surface area contributed by atoms with E-state index in [-0.39, 0.29) is 0 Å². The first kappa shape index (κ1) is 18.1. The minimum atomic E-state index is -0.459. The second-order valence-electron chi connectivity index (χ2n) is 6.92. The maximum atomic E-state index is 10.7. The van der Waals surface area contributed by atoms with Gasteiger partial charge < -0.3 is 15.3 Å². The summed E-state index contributed by atoms with van der Waals surface area (Å²) in [5, 5.41) is 14.0. The fraction of sp³-hybridized carbons (Fsp3) is 0.217. The highest BCUT2D eigenvalue weighted by atomic mass is 32.2. The van der Waals surface area contributed by atoms with E-state index in [0.717, 1.165) is 6.54 Å². The summed E-state index contributed by atoms with van der Waals surface area (Å²) in [4.78, 5) is 4.70. The Labute approximate surface area is 165 Å². The average molecular weight is 377 g/mol. The molecule has 0 spiro atoms. The molecule has 0 amide bonds. The summed E-state index contributed by atoms with van der Waals surface area (Å²) in [6, 6.07) is 25.3. The van der Waals surface area contributed by atoms with Crippen LogP contribution in [0.5, 0.6) is 0 Å². The van der Waals surface area contributed by atoms with Crippen LogP contribution < -0.4 is 10.2 Å². The number of benzene rings is 3. The number of anilines is 2. The number of hydrogen-bond donors (Lipinski definition) is 2. The number of rotatable bonds is 6. The van der Waals surface area contributed by atoms with Gasteiger partial charge in [0.25, 0.3) is 0 Å². The van der Waals surface area contributed by atoms with Crippen LogP contribution in [-0.2, 0) is 6.54 Å². The normalized spacial score (nSPS) is 13.8. The molecule has 0 saturated heterocycles. The van der Waals surface area contributed by atoms with Crippen LogP contribution in [-0.4, -0.2) is 24.3 Å². The molecule has 1 aliphatic heterocycles. The first-order valence-corrected chi connectivity index (χ1v) is 10.1. The minimum Gasteiger partial charge on any atom is -0.390 e. The third-order valence-corrected chi connectivity index (χ3v) is 5.89. The molecule has 0 bridgehead atoms. The van der Waals surface area contributed by atoms with Crippen molar-refractivity contribution in [2.24, 2.45) is 0 Å². The van der Waals surface area contributed by atoms with Gasteiger partial charge in [-0.1, -0.05) is 65.9 Å². The predicted octanol–water partition coefficient (Wildman–Crippen LogP) is 4.75. The monoisotopic (exact) mass is 376 g/mol. The van der Waals surface area contributed by atoms with Gasteiger partial charge in [-0.05, 0) is 36.8 Å². The molecule has 27 heavy (non-hydrogen) atoms. The van der Waals surface area contributed by atoms with E-state index < -0.39 is 6.10 Å². The predicted molar refractivity (Wildman–Crippen MR) is 113 cm³/mol. The van der Waals surface area contributed by atoms with Crippen molar-refractivity contribution < 1.29 is 5.11 Å². The van der Waals surface area contributed by atoms with E-state index in [4.69, 9.17) is 0 Å². The molecule has 1 unspecified atom stereocenters. The molecule has 3 aromatic carbocycles. The minimum absolute atomic E-state index is 0.459. The standard InChI is InChI=1S/C23H24N2OS/c1-17-10-12-18(13-11-17)14-24-15-19(26)16-25-20-6-2-4-8-22(20)27-23-9-5-3-7-21(23)25/h2-13,19,24,26H,14-16H2,1H3. The van der Waals surface area contributed by atoms with Crippen molar-refractivity contribution in [3.8, 4) is 0 Å². The van der Waals surface area contributed by atoms with E-state index in [1.54, 1.807) is 11.8 Å². The number of aryl methyl sites for hydroxylation is 1. The van der Waals surface area contributed by atoms with E-state index in [0.29, 0.717) is 13.1 Å². The van der Waals surface area contributed by atoms with Crippen LogP contribution in [0.3, 0.4) is 0 Å². The zero-order valence-corrected chi connectivity index (χ0v) is 16.2. The van der Waals surface area contributed by atoms with E-state index in [9.17, 15) is 5.11 Å². The fourth-order valence-electron chi connectivity index (χ4n) is 3.34. The van der Waals surface area contributed by atoms with Gasteiger partial charge in [0, 0.05) is 22.9 Å². The average Bonchev–Trinajstić information content (AvgIpc) is 2.69. The maximum absolute atomic E-state index is 10.7. The Kier molecular flexibility index (Phi) is 5.48. The number of para-hydroxylation sites is 2. The Balaban J connectivity index is 1.43. The molecule has 0 fully saturated rings. The Bertz CT molecular complexity index is 865. The Morgan fingerprint density at radius 2 is 1.48 bits per heavy atom. The molecule has 0 saturated carbocycles. The zero-order valence-electron chi connectivity index (χ0n) is 15.4. The van der Waals surface area contributed by atoms with Gasteiger partial charge in [0.15, 0.2) is 0 Å². The van der Waals surface area contributed by atoms with Gasteiger partial charge in [0.2, 0.25) is 0 Å². The van der Waals surface area contributed by atoms with Crippen LogP contribution in [0, 0.1) is 6.92 Å². The molecule has 3 nitrogen and oxygen atoms in total. The number of aliphatic hydroxyl groups is 1. The van der Waals surface area contributed by atoms with Crippen molar-refractivity contribution >= 4 is 23.1 Å². The van der Waals surface area contributed by atoms with E-state index in [1.165, 1.54) is 32.3 Å². The Morgan fingerprint density at radius 3 is 2.11 bits per heavy atom. The topological polar surface area (TPSA) is 35.5 Å². The van der Waals surface area contributed by atoms with Crippen LogP contribution in [0.4, 0.5) is 11.4 Å². The van der Waals surface area contributed by atoms with Gasteiger partial charge in [-0.15, -0.1) is 0 Å². The molecule has 0 aliphatic carbocycles. The van der Waals surface area contributed by atoms with Crippen LogP contribution in [0.1, 0.15) is 11.1 Å². The van der Waals surface area contributed by atoms with Gasteiger partial charge in [0.1, 0.15) is 0 Å². The number of hydrogen-bond acceptors (Lipinski definition) is 4. The molecule has 138 valence electrons. The van der Waals surface area contributed by atoms with Gasteiger partial charge in [-0.25, -0.2) is 0 Å². The number of nitrogens with zero attached hydrogens (tertiary/aromatic N) is 1. The van der Waals surface area contributed by atoms with Crippen LogP contribution >= 0.6 is 11.8 Å². The molecule has 4 rings (SSSR count). The summed E-state index contributed by atoms with van der Waals surface area (Å²) in [7, 11) is 0. The van der Waals surface area contributed by atoms with Crippen LogP contribution in [0.15, 0.2) is 82.6 Å². The molecule has 1 heterocycles. The second-order valence-corrected chi connectivity index (χ2v) is 8.00. The summed E-state index contributed by atoms with van der Waals surface area (Å²) in [6.07, 6.45) is -0.459. The quantitative estimate of drug-likeness (QED) is 0.651. The molecule has 0 aromatic heterocycles. The first-order valence-electron chi connectivity index (χ1n) is 9.28. The summed E-state index contributed by atoms with van der Waals surface area (Å²) in [6.45, 7) is 3.98. The highest BCUT2D eigenvalue weighted by Gasteiger charge is 2.24. The first-order chi connectivity index (χ1) is 13.2. The summed E-state index contributed by atoms with van der Waals surface area (Å²) in [5.41, 5.74) is 4.83. The summed E-state index contributed by atoms with van der Waals surface area (Å²) >= 11 is 1.79. The summed E-state index contributed by atoms with van der Waals surface area (Å²) in [5.74, 6) is 0. The molecular weight excluding hydrogens is 352 g/mol.